The van der Waals surface area contributed by atoms with Gasteiger partial charge in [-0.3, -0.25) is 4.99 Å². The van der Waals surface area contributed by atoms with Crippen LogP contribution < -0.4 is 20.3 Å². The van der Waals surface area contributed by atoms with Gasteiger partial charge >= 0.3 is 0 Å². The zero-order valence-electron chi connectivity index (χ0n) is 18.5. The minimum absolute atomic E-state index is 0.307. The number of anilines is 2. The van der Waals surface area contributed by atoms with Gasteiger partial charge in [-0.25, -0.2) is 0 Å². The fourth-order valence-corrected chi connectivity index (χ4v) is 4.89. The van der Waals surface area contributed by atoms with Crippen molar-refractivity contribution in [3.05, 3.63) is 65.5 Å². The molecule has 1 fully saturated rings. The molecule has 0 bridgehead atoms. The molecule has 0 unspecified atom stereocenters. The minimum atomic E-state index is 0.307. The third-order valence-corrected chi connectivity index (χ3v) is 6.68. The number of hydrogen-bond acceptors (Lipinski definition) is 5. The Balaban J connectivity index is 1.42. The van der Waals surface area contributed by atoms with Gasteiger partial charge in [0.05, 0.1) is 23.5 Å². The molecule has 0 amide bonds. The van der Waals surface area contributed by atoms with E-state index in [1.807, 2.05) is 30.3 Å². The molecule has 1 saturated heterocycles. The molecular weight excluding hydrogens is 422 g/mol. The first-order valence-corrected chi connectivity index (χ1v) is 11.3. The Labute approximate surface area is 193 Å². The second-order valence-corrected chi connectivity index (χ2v) is 8.85. The maximum atomic E-state index is 6.75. The summed E-state index contributed by atoms with van der Waals surface area (Å²) in [4.78, 5) is 9.25. The number of piperidine rings is 1. The number of methoxy groups -OCH3 is 1. The van der Waals surface area contributed by atoms with Crippen molar-refractivity contribution in [1.29, 1.82) is 0 Å². The van der Waals surface area contributed by atoms with Gasteiger partial charge in [0.25, 0.3) is 0 Å². The number of aliphatic imine (C=N–C) groups is 1. The molecule has 7 heteroatoms. The van der Waals surface area contributed by atoms with Crippen molar-refractivity contribution < 1.29 is 4.74 Å². The molecule has 0 aliphatic carbocycles. The van der Waals surface area contributed by atoms with Crippen molar-refractivity contribution in [1.82, 2.24) is 4.57 Å². The molecule has 32 heavy (non-hydrogen) atoms. The van der Waals surface area contributed by atoms with E-state index in [1.54, 1.807) is 7.11 Å². The average molecular weight is 450 g/mol. The summed E-state index contributed by atoms with van der Waals surface area (Å²) in [6, 6.07) is 14.9. The second-order valence-electron chi connectivity index (χ2n) is 8.45. The second kappa shape index (κ2) is 8.52. The molecule has 3 heterocycles. The number of aromatic nitrogens is 1. The smallest absolute Gasteiger partial charge is 0.144 e. The van der Waals surface area contributed by atoms with Crippen molar-refractivity contribution >= 4 is 39.6 Å². The van der Waals surface area contributed by atoms with Crippen LogP contribution in [0.1, 0.15) is 18.4 Å². The fourth-order valence-electron chi connectivity index (χ4n) is 4.61. The van der Waals surface area contributed by atoms with Crippen LogP contribution in [0.2, 0.25) is 0 Å². The monoisotopic (exact) mass is 449 g/mol. The quantitative estimate of drug-likeness (QED) is 0.638. The van der Waals surface area contributed by atoms with E-state index in [2.05, 4.69) is 46.0 Å². The largest absolute Gasteiger partial charge is 0.494 e. The Hall–Kier alpha value is -2.96. The maximum absolute atomic E-state index is 6.75. The molecule has 0 atom stereocenters. The minimum Gasteiger partial charge on any atom is -0.494 e. The number of para-hydroxylation sites is 1. The normalized spacial score (nSPS) is 17.5. The number of nitrogens with two attached hydrogens (primary N) is 1. The van der Waals surface area contributed by atoms with E-state index in [0.29, 0.717) is 17.7 Å². The zero-order valence-corrected chi connectivity index (χ0v) is 19.2. The lowest BCUT2D eigenvalue weighted by Gasteiger charge is -2.33. The number of fused-ring (bicyclic) bond motifs is 1. The molecule has 6 nitrogen and oxygen atoms in total. The van der Waals surface area contributed by atoms with E-state index in [-0.39, 0.29) is 0 Å². The summed E-state index contributed by atoms with van der Waals surface area (Å²) < 4.78 is 7.85. The number of ether oxygens (including phenoxy) is 1. The van der Waals surface area contributed by atoms with E-state index < -0.39 is 0 Å². The van der Waals surface area contributed by atoms with Crippen molar-refractivity contribution in [3.63, 3.8) is 0 Å². The lowest BCUT2D eigenvalue weighted by atomic mass is 10.1. The number of nitrogens with zero attached hydrogens (tertiary/aromatic N) is 4. The first kappa shape index (κ1) is 20.9. The van der Waals surface area contributed by atoms with Crippen molar-refractivity contribution in [3.8, 4) is 5.75 Å². The highest BCUT2D eigenvalue weighted by atomic mass is 35.5. The number of rotatable bonds is 4. The molecule has 2 aromatic carbocycles. The van der Waals surface area contributed by atoms with Crippen molar-refractivity contribution in [2.75, 3.05) is 36.7 Å². The highest BCUT2D eigenvalue weighted by molar-refractivity contribution is 6.47. The number of halogens is 1. The van der Waals surface area contributed by atoms with Gasteiger partial charge in [-0.2, -0.15) is 0 Å². The standard InChI is InChI=1S/C25H28ClN5O/c1-29-14-20(19-5-3-4-6-22(19)29)25-21(26)15-31(16-28-25)23-8-7-18(13-24(23)32-2)30-11-9-17(27)10-12-30/h3-8,13-15,17H,9-12,16,27H2,1-2H3. The SMILES string of the molecule is COc1cc(N2CCC(N)CC2)ccc1N1C=C(Cl)C(c2cn(C)c3ccccc23)=NC1. The summed E-state index contributed by atoms with van der Waals surface area (Å²) in [6.07, 6.45) is 6.07. The highest BCUT2D eigenvalue weighted by Gasteiger charge is 2.23. The number of allylic oxidation sites excluding steroid dienone is 1. The van der Waals surface area contributed by atoms with Crippen LogP contribution in [-0.2, 0) is 7.05 Å². The molecule has 2 N–H and O–H groups in total. The summed E-state index contributed by atoms with van der Waals surface area (Å²) in [5.74, 6) is 0.807. The maximum Gasteiger partial charge on any atom is 0.144 e. The van der Waals surface area contributed by atoms with Gasteiger partial charge in [-0.1, -0.05) is 29.8 Å². The van der Waals surface area contributed by atoms with Gasteiger partial charge in [0.1, 0.15) is 12.4 Å². The Morgan fingerprint density at radius 2 is 1.91 bits per heavy atom. The van der Waals surface area contributed by atoms with Crippen LogP contribution in [-0.4, -0.2) is 43.2 Å². The summed E-state index contributed by atoms with van der Waals surface area (Å²) in [6.45, 7) is 2.42. The molecule has 166 valence electrons. The lowest BCUT2D eigenvalue weighted by Crippen LogP contribution is -2.39. The summed E-state index contributed by atoms with van der Waals surface area (Å²) in [7, 11) is 3.75. The first-order valence-electron chi connectivity index (χ1n) is 11.0. The Morgan fingerprint density at radius 3 is 2.66 bits per heavy atom. The Morgan fingerprint density at radius 1 is 1.12 bits per heavy atom. The van der Waals surface area contributed by atoms with E-state index >= 15 is 0 Å². The molecule has 0 radical (unpaired) electrons. The van der Waals surface area contributed by atoms with Gasteiger partial charge in [0, 0.05) is 66.8 Å². The zero-order chi connectivity index (χ0) is 22.2. The molecule has 2 aliphatic rings. The van der Waals surface area contributed by atoms with Crippen LogP contribution in [0.5, 0.6) is 5.75 Å². The molecule has 0 spiro atoms. The molecule has 5 rings (SSSR count). The first-order chi connectivity index (χ1) is 15.5. The van der Waals surface area contributed by atoms with Gasteiger partial charge in [0.15, 0.2) is 0 Å². The number of hydrogen-bond donors (Lipinski definition) is 1. The number of benzene rings is 2. The van der Waals surface area contributed by atoms with E-state index in [0.717, 1.165) is 65.2 Å². The predicted octanol–water partition coefficient (Wildman–Crippen LogP) is 4.46. The van der Waals surface area contributed by atoms with E-state index in [1.165, 1.54) is 0 Å². The van der Waals surface area contributed by atoms with E-state index in [4.69, 9.17) is 27.1 Å². The fraction of sp³-hybridized carbons (Fsp3) is 0.320. The molecule has 0 saturated carbocycles. The van der Waals surface area contributed by atoms with Gasteiger partial charge < -0.3 is 24.8 Å². The predicted molar refractivity (Wildman–Crippen MR) is 133 cm³/mol. The van der Waals surface area contributed by atoms with Crippen LogP contribution in [0.25, 0.3) is 10.9 Å². The van der Waals surface area contributed by atoms with Gasteiger partial charge in [-0.05, 0) is 31.0 Å². The van der Waals surface area contributed by atoms with Crippen molar-refractivity contribution in [2.24, 2.45) is 17.8 Å². The van der Waals surface area contributed by atoms with Crippen LogP contribution in [0.15, 0.2) is 64.9 Å². The molecule has 3 aromatic rings. The topological polar surface area (TPSA) is 59.0 Å². The van der Waals surface area contributed by atoms with Crippen molar-refractivity contribution in [2.45, 2.75) is 18.9 Å². The highest BCUT2D eigenvalue weighted by Crippen LogP contribution is 2.36. The van der Waals surface area contributed by atoms with Crippen LogP contribution in [0.3, 0.4) is 0 Å². The van der Waals surface area contributed by atoms with Gasteiger partial charge in [-0.15, -0.1) is 0 Å². The van der Waals surface area contributed by atoms with Crippen LogP contribution >= 0.6 is 11.6 Å². The van der Waals surface area contributed by atoms with E-state index in [9.17, 15) is 0 Å². The third-order valence-electron chi connectivity index (χ3n) is 6.41. The van der Waals surface area contributed by atoms with Crippen LogP contribution in [0.4, 0.5) is 11.4 Å². The molecule has 2 aliphatic heterocycles. The Bertz CT molecular complexity index is 1210. The summed E-state index contributed by atoms with van der Waals surface area (Å²) in [5, 5.41) is 1.76. The average Bonchev–Trinajstić information content (AvgIpc) is 3.15. The lowest BCUT2D eigenvalue weighted by molar-refractivity contribution is 0.415. The Kier molecular flexibility index (Phi) is 5.57. The number of aryl methyl sites for hydroxylation is 1. The molecule has 1 aromatic heterocycles. The summed E-state index contributed by atoms with van der Waals surface area (Å²) in [5.41, 5.74) is 11.2. The van der Waals surface area contributed by atoms with Crippen LogP contribution in [0, 0.1) is 0 Å². The summed E-state index contributed by atoms with van der Waals surface area (Å²) >= 11 is 6.75. The molecular formula is C25H28ClN5O. The van der Waals surface area contributed by atoms with Gasteiger partial charge in [0.2, 0.25) is 0 Å². The third kappa shape index (κ3) is 3.74.